The fourth-order valence-electron chi connectivity index (χ4n) is 2.15. The maximum absolute atomic E-state index is 12.7. The van der Waals surface area contributed by atoms with Crippen LogP contribution in [0, 0.1) is 0 Å². The fourth-order valence-corrected chi connectivity index (χ4v) is 2.15. The lowest BCUT2D eigenvalue weighted by molar-refractivity contribution is -0.137. The molecule has 5 nitrogen and oxygen atoms in total. The first-order valence-electron chi connectivity index (χ1n) is 7.67. The summed E-state index contributed by atoms with van der Waals surface area (Å²) in [5.74, 6) is -0.682. The van der Waals surface area contributed by atoms with E-state index in [9.17, 15) is 22.8 Å². The Bertz CT molecular complexity index is 576. The summed E-state index contributed by atoms with van der Waals surface area (Å²) in [6.45, 7) is 6.17. The van der Waals surface area contributed by atoms with Crippen LogP contribution in [0.5, 0.6) is 0 Å². The minimum absolute atomic E-state index is 0.0432. The van der Waals surface area contributed by atoms with Crippen molar-refractivity contribution in [3.05, 3.63) is 29.8 Å². The van der Waals surface area contributed by atoms with Crippen LogP contribution in [0.25, 0.3) is 0 Å². The maximum Gasteiger partial charge on any atom is 0.416 e. The second-order valence-electron chi connectivity index (χ2n) is 5.26. The van der Waals surface area contributed by atoms with E-state index in [1.807, 2.05) is 0 Å². The molecule has 0 saturated carbocycles. The average Bonchev–Trinajstić information content (AvgIpc) is 2.51. The molecule has 0 aliphatic rings. The van der Waals surface area contributed by atoms with Gasteiger partial charge < -0.3 is 10.6 Å². The molecule has 0 radical (unpaired) electrons. The second-order valence-corrected chi connectivity index (χ2v) is 5.26. The molecule has 24 heavy (non-hydrogen) atoms. The van der Waals surface area contributed by atoms with Gasteiger partial charge in [-0.25, -0.2) is 0 Å². The molecule has 2 N–H and O–H groups in total. The maximum atomic E-state index is 12.7. The van der Waals surface area contributed by atoms with E-state index in [1.165, 1.54) is 12.1 Å². The lowest BCUT2D eigenvalue weighted by atomic mass is 10.2. The van der Waals surface area contributed by atoms with Crippen LogP contribution in [0.1, 0.15) is 26.3 Å². The lowest BCUT2D eigenvalue weighted by Gasteiger charge is -2.26. The summed E-state index contributed by atoms with van der Waals surface area (Å²) in [7, 11) is 0. The molecule has 1 rings (SSSR count). The minimum atomic E-state index is -4.47. The second kappa shape index (κ2) is 8.68. The molecule has 1 atom stereocenters. The van der Waals surface area contributed by atoms with Crippen molar-refractivity contribution in [1.82, 2.24) is 10.2 Å². The molecule has 0 aliphatic heterocycles. The first kappa shape index (κ1) is 20.0. The Hall–Kier alpha value is -2.09. The number of nitrogens with one attached hydrogen (secondary N) is 2. The van der Waals surface area contributed by atoms with Crippen molar-refractivity contribution in [2.75, 3.05) is 25.0 Å². The zero-order chi connectivity index (χ0) is 18.3. The van der Waals surface area contributed by atoms with Crippen LogP contribution in [0.3, 0.4) is 0 Å². The Balaban J connectivity index is 2.77. The first-order valence-corrected chi connectivity index (χ1v) is 7.67. The zero-order valence-corrected chi connectivity index (χ0v) is 13.9. The van der Waals surface area contributed by atoms with Crippen molar-refractivity contribution in [2.45, 2.75) is 33.0 Å². The summed E-state index contributed by atoms with van der Waals surface area (Å²) in [6, 6.07) is 3.78. The summed E-state index contributed by atoms with van der Waals surface area (Å²) in [4.78, 5) is 25.5. The normalized spacial score (nSPS) is 12.8. The van der Waals surface area contributed by atoms with Crippen LogP contribution in [-0.2, 0) is 15.8 Å². The molecule has 0 unspecified atom stereocenters. The summed E-state index contributed by atoms with van der Waals surface area (Å²) < 4.78 is 38.1. The van der Waals surface area contributed by atoms with E-state index in [-0.39, 0.29) is 18.1 Å². The van der Waals surface area contributed by atoms with Gasteiger partial charge in [-0.1, -0.05) is 13.0 Å². The molecule has 0 fully saturated rings. The molecule has 0 aromatic heterocycles. The van der Waals surface area contributed by atoms with Crippen molar-refractivity contribution >= 4 is 17.5 Å². The van der Waals surface area contributed by atoms with Gasteiger partial charge in [0, 0.05) is 12.2 Å². The van der Waals surface area contributed by atoms with E-state index in [1.54, 1.807) is 25.7 Å². The number of carbonyl (C=O) groups is 2. The molecule has 0 spiro atoms. The Kier molecular flexibility index (Phi) is 7.21. The highest BCUT2D eigenvalue weighted by molar-refractivity contribution is 5.95. The molecule has 2 amide bonds. The van der Waals surface area contributed by atoms with E-state index < -0.39 is 23.7 Å². The highest BCUT2D eigenvalue weighted by atomic mass is 19.4. The van der Waals surface area contributed by atoms with E-state index in [0.717, 1.165) is 12.1 Å². The number of carbonyl (C=O) groups excluding carboxylic acids is 2. The van der Waals surface area contributed by atoms with Gasteiger partial charge in [0.2, 0.25) is 11.8 Å². The molecule has 134 valence electrons. The molecular weight excluding hydrogens is 323 g/mol. The van der Waals surface area contributed by atoms with Crippen molar-refractivity contribution in [1.29, 1.82) is 0 Å². The van der Waals surface area contributed by atoms with Crippen molar-refractivity contribution in [2.24, 2.45) is 0 Å². The van der Waals surface area contributed by atoms with Gasteiger partial charge in [0.25, 0.3) is 0 Å². The summed E-state index contributed by atoms with van der Waals surface area (Å²) in [5, 5.41) is 5.10. The van der Waals surface area contributed by atoms with E-state index in [4.69, 9.17) is 0 Å². The Morgan fingerprint density at radius 2 is 1.92 bits per heavy atom. The van der Waals surface area contributed by atoms with Crippen LogP contribution >= 0.6 is 0 Å². The van der Waals surface area contributed by atoms with Crippen LogP contribution in [-0.4, -0.2) is 42.4 Å². The quantitative estimate of drug-likeness (QED) is 0.798. The number of rotatable bonds is 7. The molecule has 0 aliphatic carbocycles. The summed E-state index contributed by atoms with van der Waals surface area (Å²) >= 11 is 0. The van der Waals surface area contributed by atoms with Gasteiger partial charge in [-0.05, 0) is 38.6 Å². The Morgan fingerprint density at radius 1 is 1.25 bits per heavy atom. The van der Waals surface area contributed by atoms with E-state index in [2.05, 4.69) is 10.6 Å². The number of anilines is 1. The van der Waals surface area contributed by atoms with Crippen LogP contribution in [0.2, 0.25) is 0 Å². The smallest absolute Gasteiger partial charge is 0.355 e. The van der Waals surface area contributed by atoms with Gasteiger partial charge in [-0.3, -0.25) is 14.5 Å². The highest BCUT2D eigenvalue weighted by Crippen LogP contribution is 2.30. The Labute approximate surface area is 139 Å². The Morgan fingerprint density at radius 3 is 2.46 bits per heavy atom. The van der Waals surface area contributed by atoms with Gasteiger partial charge in [0.15, 0.2) is 0 Å². The van der Waals surface area contributed by atoms with Crippen LogP contribution < -0.4 is 10.6 Å². The number of halogens is 3. The van der Waals surface area contributed by atoms with Crippen LogP contribution in [0.4, 0.5) is 18.9 Å². The predicted molar refractivity (Wildman–Crippen MR) is 85.5 cm³/mol. The third-order valence-electron chi connectivity index (χ3n) is 3.51. The zero-order valence-electron chi connectivity index (χ0n) is 13.9. The number of hydrogen-bond acceptors (Lipinski definition) is 3. The monoisotopic (exact) mass is 345 g/mol. The number of likely N-dealkylation sites (N-methyl/N-ethyl adjacent to an activating group) is 2. The molecule has 0 bridgehead atoms. The van der Waals surface area contributed by atoms with Gasteiger partial charge in [-0.2, -0.15) is 13.2 Å². The molecule has 0 heterocycles. The third kappa shape index (κ3) is 5.84. The molecule has 8 heteroatoms. The van der Waals surface area contributed by atoms with Gasteiger partial charge in [-0.15, -0.1) is 0 Å². The fraction of sp³-hybridized carbons (Fsp3) is 0.500. The molecule has 1 aromatic carbocycles. The minimum Gasteiger partial charge on any atom is -0.355 e. The summed E-state index contributed by atoms with van der Waals surface area (Å²) in [5.41, 5.74) is -0.765. The average molecular weight is 345 g/mol. The van der Waals surface area contributed by atoms with Crippen molar-refractivity contribution in [3.63, 3.8) is 0 Å². The van der Waals surface area contributed by atoms with E-state index in [0.29, 0.717) is 13.1 Å². The third-order valence-corrected chi connectivity index (χ3v) is 3.51. The molecule has 0 saturated heterocycles. The van der Waals surface area contributed by atoms with Gasteiger partial charge in [0.05, 0.1) is 18.2 Å². The number of alkyl halides is 3. The molecule has 1 aromatic rings. The number of nitrogens with zero attached hydrogens (tertiary/aromatic N) is 1. The van der Waals surface area contributed by atoms with Crippen molar-refractivity contribution < 1.29 is 22.8 Å². The van der Waals surface area contributed by atoms with Crippen LogP contribution in [0.15, 0.2) is 24.3 Å². The first-order chi connectivity index (χ1) is 11.2. The number of amides is 2. The number of hydrogen-bond donors (Lipinski definition) is 2. The standard InChI is InChI=1S/C16H22F3N3O2/c1-4-20-14(23)10-22(5-2)11(3)15(24)21-13-8-6-7-12(9-13)16(17,18)19/h6-9,11H,4-5,10H2,1-3H3,(H,20,23)(H,21,24)/t11-/m1/s1. The largest absolute Gasteiger partial charge is 0.416 e. The van der Waals surface area contributed by atoms with Crippen molar-refractivity contribution in [3.8, 4) is 0 Å². The highest BCUT2D eigenvalue weighted by Gasteiger charge is 2.30. The topological polar surface area (TPSA) is 61.4 Å². The van der Waals surface area contributed by atoms with Gasteiger partial charge >= 0.3 is 6.18 Å². The number of benzene rings is 1. The summed E-state index contributed by atoms with van der Waals surface area (Å²) in [6.07, 6.45) is -4.47. The van der Waals surface area contributed by atoms with E-state index >= 15 is 0 Å². The molecular formula is C16H22F3N3O2. The SMILES string of the molecule is CCNC(=O)CN(CC)[C@H](C)C(=O)Nc1cccc(C(F)(F)F)c1. The predicted octanol–water partition coefficient (Wildman–Crippen LogP) is 2.49. The van der Waals surface area contributed by atoms with Gasteiger partial charge in [0.1, 0.15) is 0 Å². The lowest BCUT2D eigenvalue weighted by Crippen LogP contribution is -2.46.